The number of phenols is 1. The van der Waals surface area contributed by atoms with Gasteiger partial charge < -0.3 is 5.11 Å². The lowest BCUT2D eigenvalue weighted by molar-refractivity contribution is 0.442. The second kappa shape index (κ2) is 5.81. The number of sulfone groups is 2. The zero-order valence-corrected chi connectivity index (χ0v) is 14.3. The number of rotatable bonds is 3. The van der Waals surface area contributed by atoms with Crippen molar-refractivity contribution in [2.75, 3.05) is 18.3 Å². The average molecular weight is 350 g/mol. The fourth-order valence-corrected chi connectivity index (χ4v) is 5.36. The van der Waals surface area contributed by atoms with Crippen molar-refractivity contribution >= 4 is 31.4 Å². The van der Waals surface area contributed by atoms with Crippen LogP contribution in [0.1, 0.15) is 30.1 Å². The Morgan fingerprint density at radius 1 is 1.05 bits per heavy atom. The molecular formula is C13H18O5S3. The van der Waals surface area contributed by atoms with Gasteiger partial charge in [-0.05, 0) is 36.3 Å². The minimum absolute atomic E-state index is 0.0698. The predicted octanol–water partition coefficient (Wildman–Crippen LogP) is 2.16. The highest BCUT2D eigenvalue weighted by Gasteiger charge is 2.26. The fourth-order valence-electron chi connectivity index (χ4n) is 2.36. The molecule has 2 rings (SSSR count). The Labute approximate surface area is 129 Å². The van der Waals surface area contributed by atoms with Crippen LogP contribution in [-0.4, -0.2) is 40.2 Å². The molecule has 1 aliphatic heterocycles. The van der Waals surface area contributed by atoms with Crippen LogP contribution >= 0.6 is 11.8 Å². The smallest absolute Gasteiger partial charge is 0.179 e. The largest absolute Gasteiger partial charge is 0.505 e. The molecule has 1 aliphatic rings. The summed E-state index contributed by atoms with van der Waals surface area (Å²) >= 11 is 1.69. The number of benzene rings is 1. The summed E-state index contributed by atoms with van der Waals surface area (Å²) in [5.41, 5.74) is 0.651. The van der Waals surface area contributed by atoms with Crippen molar-refractivity contribution in [1.82, 2.24) is 0 Å². The number of phenolic OH excluding ortho intramolecular Hbond substituents is 1. The summed E-state index contributed by atoms with van der Waals surface area (Å²) in [4.78, 5) is -0.627. The van der Waals surface area contributed by atoms with Crippen molar-refractivity contribution < 1.29 is 21.9 Å². The zero-order chi connectivity index (χ0) is 15.8. The molecule has 1 atom stereocenters. The van der Waals surface area contributed by atoms with Gasteiger partial charge in [0.2, 0.25) is 0 Å². The highest BCUT2D eigenvalue weighted by Crippen LogP contribution is 2.42. The first-order valence-corrected chi connectivity index (χ1v) is 11.3. The molecule has 1 heterocycles. The Bertz CT molecular complexity index is 691. The molecule has 1 aromatic rings. The van der Waals surface area contributed by atoms with Gasteiger partial charge in [-0.25, -0.2) is 16.8 Å². The number of hydrogen-bond donors (Lipinski definition) is 1. The third kappa shape index (κ3) is 3.73. The highest BCUT2D eigenvalue weighted by molar-refractivity contribution is 7.99. The Morgan fingerprint density at radius 2 is 1.57 bits per heavy atom. The van der Waals surface area contributed by atoms with E-state index >= 15 is 0 Å². The number of aromatic hydroxyl groups is 1. The second-order valence-electron chi connectivity index (χ2n) is 5.27. The molecule has 0 amide bonds. The lowest BCUT2D eigenvalue weighted by Crippen LogP contribution is -2.08. The second-order valence-corrected chi connectivity index (χ2v) is 10.5. The SMILES string of the molecule is CS(=O)(=O)c1cc(C2CCCCS2)cc(S(C)(=O)=O)c1O. The van der Waals surface area contributed by atoms with Gasteiger partial charge in [0.1, 0.15) is 9.79 Å². The summed E-state index contributed by atoms with van der Waals surface area (Å²) in [7, 11) is -7.40. The topological polar surface area (TPSA) is 88.5 Å². The van der Waals surface area contributed by atoms with Crippen molar-refractivity contribution in [3.05, 3.63) is 17.7 Å². The van der Waals surface area contributed by atoms with E-state index in [1.165, 1.54) is 12.1 Å². The van der Waals surface area contributed by atoms with Gasteiger partial charge in [0.05, 0.1) is 0 Å². The normalized spacial score (nSPS) is 20.4. The Kier molecular flexibility index (Phi) is 4.60. The van der Waals surface area contributed by atoms with Crippen LogP contribution in [0.15, 0.2) is 21.9 Å². The molecule has 1 aromatic carbocycles. The summed E-state index contributed by atoms with van der Waals surface area (Å²) in [6, 6.07) is 2.81. The molecule has 1 fully saturated rings. The molecule has 5 nitrogen and oxygen atoms in total. The average Bonchev–Trinajstić information content (AvgIpc) is 2.37. The van der Waals surface area contributed by atoms with E-state index in [2.05, 4.69) is 0 Å². The highest BCUT2D eigenvalue weighted by atomic mass is 32.2. The van der Waals surface area contributed by atoms with Crippen LogP contribution in [0, 0.1) is 0 Å². The summed E-state index contributed by atoms with van der Waals surface area (Å²) in [5, 5.41) is 10.1. The Morgan fingerprint density at radius 3 is 1.95 bits per heavy atom. The van der Waals surface area contributed by atoms with Crippen LogP contribution in [0.4, 0.5) is 0 Å². The van der Waals surface area contributed by atoms with Gasteiger partial charge in [0.25, 0.3) is 0 Å². The van der Waals surface area contributed by atoms with Crippen molar-refractivity contribution in [3.63, 3.8) is 0 Å². The molecule has 0 saturated carbocycles. The minimum Gasteiger partial charge on any atom is -0.505 e. The standard InChI is InChI=1S/C13H18O5S3/c1-20(15,16)11-7-9(10-5-3-4-6-19-10)8-12(13(11)14)21(2,17)18/h7-8,10,14H,3-6H2,1-2H3. The lowest BCUT2D eigenvalue weighted by atomic mass is 10.1. The molecule has 8 heteroatoms. The first-order valence-electron chi connectivity index (χ1n) is 6.49. The molecule has 118 valence electrons. The van der Waals surface area contributed by atoms with E-state index in [4.69, 9.17) is 0 Å². The molecule has 1 saturated heterocycles. The van der Waals surface area contributed by atoms with Gasteiger partial charge in [-0.2, -0.15) is 11.8 Å². The van der Waals surface area contributed by atoms with Gasteiger partial charge in [-0.1, -0.05) is 6.42 Å². The third-order valence-corrected chi connectivity index (χ3v) is 7.07. The van der Waals surface area contributed by atoms with Crippen LogP contribution in [0.3, 0.4) is 0 Å². The maximum atomic E-state index is 11.8. The third-order valence-electron chi connectivity index (χ3n) is 3.41. The van der Waals surface area contributed by atoms with Crippen LogP contribution in [-0.2, 0) is 19.7 Å². The molecule has 1 N–H and O–H groups in total. The maximum Gasteiger partial charge on any atom is 0.179 e. The predicted molar refractivity (Wildman–Crippen MR) is 83.4 cm³/mol. The van der Waals surface area contributed by atoms with E-state index in [1.807, 2.05) is 0 Å². The quantitative estimate of drug-likeness (QED) is 0.898. The van der Waals surface area contributed by atoms with Gasteiger partial charge >= 0.3 is 0 Å². The molecule has 0 aromatic heterocycles. The molecule has 0 radical (unpaired) electrons. The zero-order valence-electron chi connectivity index (χ0n) is 11.9. The van der Waals surface area contributed by atoms with E-state index in [-0.39, 0.29) is 15.0 Å². The van der Waals surface area contributed by atoms with Crippen molar-refractivity contribution in [2.45, 2.75) is 34.3 Å². The lowest BCUT2D eigenvalue weighted by Gasteiger charge is -2.23. The number of thioether (sulfide) groups is 1. The van der Waals surface area contributed by atoms with E-state index < -0.39 is 25.4 Å². The van der Waals surface area contributed by atoms with E-state index in [1.54, 1.807) is 11.8 Å². The molecule has 0 spiro atoms. The van der Waals surface area contributed by atoms with Gasteiger partial charge in [-0.15, -0.1) is 0 Å². The monoisotopic (exact) mass is 350 g/mol. The molecular weight excluding hydrogens is 332 g/mol. The fraction of sp³-hybridized carbons (Fsp3) is 0.538. The summed E-state index contributed by atoms with van der Waals surface area (Å²) in [5.74, 6) is 0.290. The molecule has 21 heavy (non-hydrogen) atoms. The minimum atomic E-state index is -3.70. The summed E-state index contributed by atoms with van der Waals surface area (Å²) in [6.45, 7) is 0. The Hall–Kier alpha value is -0.730. The first-order chi connectivity index (χ1) is 9.60. The summed E-state index contributed by atoms with van der Waals surface area (Å²) in [6.07, 6.45) is 4.94. The molecule has 0 aliphatic carbocycles. The van der Waals surface area contributed by atoms with Gasteiger partial charge in [0.15, 0.2) is 25.4 Å². The van der Waals surface area contributed by atoms with Crippen LogP contribution in [0.2, 0.25) is 0 Å². The summed E-state index contributed by atoms with van der Waals surface area (Å²) < 4.78 is 47.2. The van der Waals surface area contributed by atoms with Gasteiger partial charge in [-0.3, -0.25) is 0 Å². The molecule has 0 bridgehead atoms. The van der Waals surface area contributed by atoms with Crippen LogP contribution in [0.5, 0.6) is 5.75 Å². The van der Waals surface area contributed by atoms with Crippen molar-refractivity contribution in [2.24, 2.45) is 0 Å². The van der Waals surface area contributed by atoms with Crippen molar-refractivity contribution in [3.8, 4) is 5.75 Å². The van der Waals surface area contributed by atoms with Crippen molar-refractivity contribution in [1.29, 1.82) is 0 Å². The van der Waals surface area contributed by atoms with E-state index in [0.29, 0.717) is 5.56 Å². The maximum absolute atomic E-state index is 11.8. The van der Waals surface area contributed by atoms with Gasteiger partial charge in [0, 0.05) is 17.8 Å². The van der Waals surface area contributed by atoms with E-state index in [0.717, 1.165) is 37.5 Å². The van der Waals surface area contributed by atoms with Crippen LogP contribution < -0.4 is 0 Å². The van der Waals surface area contributed by atoms with E-state index in [9.17, 15) is 21.9 Å². The van der Waals surface area contributed by atoms with Crippen LogP contribution in [0.25, 0.3) is 0 Å². The molecule has 1 unspecified atom stereocenters. The first kappa shape index (κ1) is 16.6. The Balaban J connectivity index is 2.67. The number of hydrogen-bond acceptors (Lipinski definition) is 6.